The minimum Gasteiger partial charge on any atom is -0.349 e. The smallest absolute Gasteiger partial charge is 0.285 e. The van der Waals surface area contributed by atoms with Gasteiger partial charge >= 0.3 is 0 Å². The predicted molar refractivity (Wildman–Crippen MR) is 112 cm³/mol. The number of carbonyl (C=O) groups excluding carboxylic acids is 1. The lowest BCUT2D eigenvalue weighted by Gasteiger charge is -2.33. The van der Waals surface area contributed by atoms with Crippen molar-refractivity contribution in [2.75, 3.05) is 26.7 Å². The molecule has 4 rings (SSSR count). The summed E-state index contributed by atoms with van der Waals surface area (Å²) in [4.78, 5) is 16.5. The highest BCUT2D eigenvalue weighted by Crippen LogP contribution is 2.27. The zero-order valence-electron chi connectivity index (χ0n) is 16.5. The van der Waals surface area contributed by atoms with E-state index in [9.17, 15) is 13.2 Å². The Morgan fingerprint density at radius 2 is 1.72 bits per heavy atom. The number of hydrogen-bond donors (Lipinski definition) is 0. The fraction of sp³-hybridized carbons (Fsp3) is 0.364. The van der Waals surface area contributed by atoms with E-state index >= 15 is 0 Å². The van der Waals surface area contributed by atoms with E-state index in [-0.39, 0.29) is 17.3 Å². The summed E-state index contributed by atoms with van der Waals surface area (Å²) in [7, 11) is -1.96. The molecule has 29 heavy (non-hydrogen) atoms. The summed E-state index contributed by atoms with van der Waals surface area (Å²) in [5, 5.41) is 0. The second kappa shape index (κ2) is 7.99. The van der Waals surface area contributed by atoms with Gasteiger partial charge in [-0.3, -0.25) is 4.79 Å². The van der Waals surface area contributed by atoms with Gasteiger partial charge in [-0.05, 0) is 42.9 Å². The Hall–Kier alpha value is -2.67. The second-order valence-electron chi connectivity index (χ2n) is 7.76. The number of amides is 1. The minimum absolute atomic E-state index is 0.00939. The number of benzene rings is 2. The van der Waals surface area contributed by atoms with Crippen molar-refractivity contribution in [1.29, 1.82) is 0 Å². The standard InChI is InChI=1S/C22H25N3O3S/c1-24(22-19-9-5-6-10-20(19)29(27,28)23-22)16-21(26)25-13-11-18(12-14-25)15-17-7-3-2-4-8-17/h2-10,18H,11-16H2,1H3. The number of likely N-dealkylation sites (N-methyl/N-ethyl adjacent to an activating group) is 1. The Morgan fingerprint density at radius 1 is 1.07 bits per heavy atom. The van der Waals surface area contributed by atoms with E-state index in [4.69, 9.17) is 0 Å². The van der Waals surface area contributed by atoms with Gasteiger partial charge in [0.15, 0.2) is 5.84 Å². The summed E-state index contributed by atoms with van der Waals surface area (Å²) in [6, 6.07) is 17.2. The molecule has 0 spiro atoms. The summed E-state index contributed by atoms with van der Waals surface area (Å²) >= 11 is 0. The van der Waals surface area contributed by atoms with Crippen LogP contribution in [0.2, 0.25) is 0 Å². The van der Waals surface area contributed by atoms with Crippen molar-refractivity contribution in [1.82, 2.24) is 9.80 Å². The van der Waals surface area contributed by atoms with Crippen LogP contribution in [0.5, 0.6) is 0 Å². The summed E-state index contributed by atoms with van der Waals surface area (Å²) in [6.07, 6.45) is 3.03. The molecule has 0 aromatic heterocycles. The fourth-order valence-corrected chi connectivity index (χ4v) is 5.33. The van der Waals surface area contributed by atoms with Crippen molar-refractivity contribution in [3.8, 4) is 0 Å². The molecule has 0 unspecified atom stereocenters. The molecule has 7 heteroatoms. The van der Waals surface area contributed by atoms with E-state index in [2.05, 4.69) is 28.7 Å². The van der Waals surface area contributed by atoms with E-state index in [1.807, 2.05) is 11.0 Å². The number of carbonyl (C=O) groups is 1. The summed E-state index contributed by atoms with van der Waals surface area (Å²) < 4.78 is 28.4. The third-order valence-electron chi connectivity index (χ3n) is 5.68. The molecule has 0 N–H and O–H groups in total. The Morgan fingerprint density at radius 3 is 2.45 bits per heavy atom. The Bertz CT molecular complexity index is 1030. The van der Waals surface area contributed by atoms with Gasteiger partial charge in [0.2, 0.25) is 5.91 Å². The second-order valence-corrected chi connectivity index (χ2v) is 9.33. The van der Waals surface area contributed by atoms with Crippen LogP contribution in [0.25, 0.3) is 0 Å². The molecule has 2 aliphatic rings. The van der Waals surface area contributed by atoms with E-state index in [0.717, 1.165) is 32.4 Å². The first-order valence-corrected chi connectivity index (χ1v) is 11.4. The maximum Gasteiger partial charge on any atom is 0.285 e. The van der Waals surface area contributed by atoms with Crippen molar-refractivity contribution in [2.45, 2.75) is 24.2 Å². The van der Waals surface area contributed by atoms with Crippen LogP contribution in [0.15, 0.2) is 63.9 Å². The molecule has 0 bridgehead atoms. The lowest BCUT2D eigenvalue weighted by atomic mass is 9.90. The van der Waals surface area contributed by atoms with Crippen molar-refractivity contribution >= 4 is 21.8 Å². The molecule has 2 aliphatic heterocycles. The van der Waals surface area contributed by atoms with E-state index in [0.29, 0.717) is 17.3 Å². The normalized spacial score (nSPS) is 18.2. The largest absolute Gasteiger partial charge is 0.349 e. The molecule has 1 saturated heterocycles. The van der Waals surface area contributed by atoms with Gasteiger partial charge in [0, 0.05) is 25.7 Å². The number of nitrogens with zero attached hydrogens (tertiary/aromatic N) is 3. The highest BCUT2D eigenvalue weighted by Gasteiger charge is 2.32. The van der Waals surface area contributed by atoms with Gasteiger partial charge in [0.25, 0.3) is 10.0 Å². The maximum atomic E-state index is 12.8. The minimum atomic E-state index is -3.68. The van der Waals surface area contributed by atoms with Gasteiger partial charge in [0.05, 0.1) is 6.54 Å². The highest BCUT2D eigenvalue weighted by molar-refractivity contribution is 7.90. The van der Waals surface area contributed by atoms with E-state index in [1.54, 1.807) is 36.2 Å². The average Bonchev–Trinajstić information content (AvgIpc) is 3.01. The first-order valence-electron chi connectivity index (χ1n) is 9.91. The molecule has 1 fully saturated rings. The van der Waals surface area contributed by atoms with Gasteiger partial charge in [-0.25, -0.2) is 0 Å². The molecule has 2 aromatic carbocycles. The van der Waals surface area contributed by atoms with E-state index < -0.39 is 10.0 Å². The average molecular weight is 412 g/mol. The molecule has 6 nitrogen and oxygen atoms in total. The molecule has 2 aromatic rings. The number of hydrogen-bond acceptors (Lipinski definition) is 4. The highest BCUT2D eigenvalue weighted by atomic mass is 32.2. The number of likely N-dealkylation sites (tertiary alicyclic amines) is 1. The zero-order chi connectivity index (χ0) is 20.4. The number of fused-ring (bicyclic) bond motifs is 1. The molecule has 0 aliphatic carbocycles. The molecule has 2 heterocycles. The van der Waals surface area contributed by atoms with Crippen LogP contribution < -0.4 is 0 Å². The number of amidine groups is 1. The Kier molecular flexibility index (Phi) is 5.41. The number of rotatable bonds is 4. The molecule has 152 valence electrons. The zero-order valence-corrected chi connectivity index (χ0v) is 17.3. The maximum absolute atomic E-state index is 12.8. The van der Waals surface area contributed by atoms with Crippen LogP contribution in [-0.2, 0) is 21.2 Å². The SMILES string of the molecule is CN(CC(=O)N1CCC(Cc2ccccc2)CC1)C1=NS(=O)(=O)c2ccccc21. The van der Waals surface area contributed by atoms with Gasteiger partial charge in [0.1, 0.15) is 4.90 Å². The van der Waals surface area contributed by atoms with Crippen LogP contribution in [0.4, 0.5) is 0 Å². The van der Waals surface area contributed by atoms with Crippen LogP contribution in [-0.4, -0.2) is 56.6 Å². The van der Waals surface area contributed by atoms with Gasteiger partial charge in [-0.1, -0.05) is 42.5 Å². The van der Waals surface area contributed by atoms with Gasteiger partial charge < -0.3 is 9.80 Å². The van der Waals surface area contributed by atoms with Gasteiger partial charge in [-0.15, -0.1) is 4.40 Å². The molecular weight excluding hydrogens is 386 g/mol. The molecule has 0 radical (unpaired) electrons. The summed E-state index contributed by atoms with van der Waals surface area (Å²) in [6.45, 7) is 1.60. The van der Waals surface area contributed by atoms with Crippen molar-refractivity contribution in [3.63, 3.8) is 0 Å². The van der Waals surface area contributed by atoms with Crippen molar-refractivity contribution < 1.29 is 13.2 Å². The first kappa shape index (κ1) is 19.6. The van der Waals surface area contributed by atoms with Crippen LogP contribution in [0.3, 0.4) is 0 Å². The molecular formula is C22H25N3O3S. The monoisotopic (exact) mass is 411 g/mol. The lowest BCUT2D eigenvalue weighted by Crippen LogP contribution is -2.44. The van der Waals surface area contributed by atoms with Crippen molar-refractivity contribution in [3.05, 3.63) is 65.7 Å². The molecule has 1 amide bonds. The van der Waals surface area contributed by atoms with E-state index in [1.165, 1.54) is 5.56 Å². The van der Waals surface area contributed by atoms with Crippen molar-refractivity contribution in [2.24, 2.45) is 10.3 Å². The Balaban J connectivity index is 1.35. The Labute approximate surface area is 171 Å². The number of piperidine rings is 1. The quantitative estimate of drug-likeness (QED) is 0.775. The van der Waals surface area contributed by atoms with Crippen LogP contribution >= 0.6 is 0 Å². The molecule has 0 atom stereocenters. The summed E-state index contributed by atoms with van der Waals surface area (Å²) in [5.41, 5.74) is 1.90. The van der Waals surface area contributed by atoms with Gasteiger partial charge in [-0.2, -0.15) is 8.42 Å². The molecule has 0 saturated carbocycles. The van der Waals surface area contributed by atoms with Crippen LogP contribution in [0.1, 0.15) is 24.0 Å². The topological polar surface area (TPSA) is 70.1 Å². The number of sulfonamides is 1. The fourth-order valence-electron chi connectivity index (χ4n) is 4.08. The third-order valence-corrected chi connectivity index (χ3v) is 7.01. The van der Waals surface area contributed by atoms with Crippen LogP contribution in [0, 0.1) is 5.92 Å². The first-order chi connectivity index (χ1) is 13.9. The predicted octanol–water partition coefficient (Wildman–Crippen LogP) is 2.55. The third kappa shape index (κ3) is 4.19. The summed E-state index contributed by atoms with van der Waals surface area (Å²) in [5.74, 6) is 0.943. The lowest BCUT2D eigenvalue weighted by molar-refractivity contribution is -0.132.